The molecule has 0 spiro atoms. The first-order valence-corrected chi connectivity index (χ1v) is 5.01. The van der Waals surface area contributed by atoms with Gasteiger partial charge >= 0.3 is 0 Å². The highest BCUT2D eigenvalue weighted by atomic mass is 16.2. The fraction of sp³-hybridized carbons (Fsp3) is 0.455. The fourth-order valence-corrected chi connectivity index (χ4v) is 1.12. The van der Waals surface area contributed by atoms with Crippen LogP contribution < -0.4 is 11.1 Å². The van der Waals surface area contributed by atoms with Crippen LogP contribution >= 0.6 is 0 Å². The Balaban J connectivity index is 2.66. The minimum atomic E-state index is -0.493. The van der Waals surface area contributed by atoms with Gasteiger partial charge in [0.2, 0.25) is 5.91 Å². The second-order valence-corrected chi connectivity index (χ2v) is 3.92. The Hall–Kier alpha value is -1.42. The van der Waals surface area contributed by atoms with E-state index in [0.29, 0.717) is 5.82 Å². The van der Waals surface area contributed by atoms with Crippen molar-refractivity contribution in [2.24, 2.45) is 11.7 Å². The van der Waals surface area contributed by atoms with Crippen molar-refractivity contribution >= 4 is 11.7 Å². The van der Waals surface area contributed by atoms with Crippen LogP contribution in [0.4, 0.5) is 5.82 Å². The van der Waals surface area contributed by atoms with Gasteiger partial charge in [0, 0.05) is 5.69 Å². The van der Waals surface area contributed by atoms with Crippen LogP contribution in [0.5, 0.6) is 0 Å². The molecule has 0 aliphatic carbocycles. The van der Waals surface area contributed by atoms with Gasteiger partial charge in [-0.1, -0.05) is 19.9 Å². The van der Waals surface area contributed by atoms with Crippen LogP contribution in [0.3, 0.4) is 0 Å². The Bertz CT molecular complexity index is 349. The van der Waals surface area contributed by atoms with E-state index in [2.05, 4.69) is 10.3 Å². The van der Waals surface area contributed by atoms with Crippen molar-refractivity contribution < 1.29 is 4.79 Å². The molecule has 0 aromatic carbocycles. The average Bonchev–Trinajstić information content (AvgIpc) is 2.16. The van der Waals surface area contributed by atoms with Gasteiger partial charge < -0.3 is 11.1 Å². The van der Waals surface area contributed by atoms with Crippen molar-refractivity contribution in [3.8, 4) is 0 Å². The molecule has 1 aromatic rings. The van der Waals surface area contributed by atoms with Crippen LogP contribution in [0, 0.1) is 12.8 Å². The lowest BCUT2D eigenvalue weighted by Gasteiger charge is -2.14. The van der Waals surface area contributed by atoms with E-state index < -0.39 is 6.04 Å². The number of anilines is 1. The Kier molecular flexibility index (Phi) is 3.80. The maximum Gasteiger partial charge on any atom is 0.242 e. The van der Waals surface area contributed by atoms with E-state index in [-0.39, 0.29) is 11.8 Å². The largest absolute Gasteiger partial charge is 0.320 e. The van der Waals surface area contributed by atoms with E-state index >= 15 is 0 Å². The van der Waals surface area contributed by atoms with Crippen molar-refractivity contribution in [2.75, 3.05) is 5.32 Å². The zero-order valence-electron chi connectivity index (χ0n) is 9.32. The first-order chi connectivity index (χ1) is 7.00. The molecule has 1 rings (SSSR count). The summed E-state index contributed by atoms with van der Waals surface area (Å²) in [5.74, 6) is 0.481. The van der Waals surface area contributed by atoms with Crippen molar-refractivity contribution in [1.82, 2.24) is 4.98 Å². The molecule has 0 bridgehead atoms. The molecule has 0 radical (unpaired) electrons. The third-order valence-corrected chi connectivity index (χ3v) is 2.16. The second-order valence-electron chi connectivity index (χ2n) is 3.92. The first-order valence-electron chi connectivity index (χ1n) is 5.01. The highest BCUT2D eigenvalue weighted by Gasteiger charge is 2.17. The maximum atomic E-state index is 11.6. The summed E-state index contributed by atoms with van der Waals surface area (Å²) in [6.07, 6.45) is 0. The Morgan fingerprint density at radius 3 is 2.67 bits per heavy atom. The lowest BCUT2D eigenvalue weighted by Crippen LogP contribution is -2.39. The van der Waals surface area contributed by atoms with Crippen molar-refractivity contribution in [2.45, 2.75) is 26.8 Å². The maximum absolute atomic E-state index is 11.6. The molecule has 1 aromatic heterocycles. The van der Waals surface area contributed by atoms with Gasteiger partial charge in [0.15, 0.2) is 0 Å². The number of nitrogens with zero attached hydrogens (tertiary/aromatic N) is 1. The summed E-state index contributed by atoms with van der Waals surface area (Å²) in [4.78, 5) is 15.8. The lowest BCUT2D eigenvalue weighted by molar-refractivity contribution is -0.118. The summed E-state index contributed by atoms with van der Waals surface area (Å²) in [6.45, 7) is 5.69. The van der Waals surface area contributed by atoms with Crippen molar-refractivity contribution in [3.05, 3.63) is 23.9 Å². The average molecular weight is 207 g/mol. The number of amides is 1. The molecule has 1 atom stereocenters. The van der Waals surface area contributed by atoms with Crippen molar-refractivity contribution in [3.63, 3.8) is 0 Å². The molecule has 0 fully saturated rings. The third kappa shape index (κ3) is 3.32. The third-order valence-electron chi connectivity index (χ3n) is 2.16. The number of aromatic nitrogens is 1. The summed E-state index contributed by atoms with van der Waals surface area (Å²) < 4.78 is 0. The molecule has 1 amide bonds. The van der Waals surface area contributed by atoms with Crippen molar-refractivity contribution in [1.29, 1.82) is 0 Å². The number of carbonyl (C=O) groups is 1. The Morgan fingerprint density at radius 1 is 1.47 bits per heavy atom. The monoisotopic (exact) mass is 207 g/mol. The molecule has 1 heterocycles. The Labute approximate surface area is 89.9 Å². The topological polar surface area (TPSA) is 68.0 Å². The van der Waals surface area contributed by atoms with Crippen LogP contribution in [0.1, 0.15) is 19.5 Å². The van der Waals surface area contributed by atoms with Crippen LogP contribution in [0.25, 0.3) is 0 Å². The van der Waals surface area contributed by atoms with E-state index in [0.717, 1.165) is 5.69 Å². The number of nitrogens with two attached hydrogens (primary N) is 1. The first kappa shape index (κ1) is 11.7. The molecule has 0 aliphatic rings. The molecule has 0 saturated carbocycles. The number of carbonyl (C=O) groups excluding carboxylic acids is 1. The minimum absolute atomic E-state index is 0.120. The van der Waals surface area contributed by atoms with Gasteiger partial charge in [0.25, 0.3) is 0 Å². The minimum Gasteiger partial charge on any atom is -0.320 e. The predicted molar refractivity (Wildman–Crippen MR) is 60.4 cm³/mol. The lowest BCUT2D eigenvalue weighted by atomic mass is 10.1. The zero-order valence-corrected chi connectivity index (χ0v) is 9.32. The van der Waals surface area contributed by atoms with Gasteiger partial charge in [-0.3, -0.25) is 4.79 Å². The number of nitrogens with one attached hydrogen (secondary N) is 1. The highest BCUT2D eigenvalue weighted by molar-refractivity contribution is 5.94. The second kappa shape index (κ2) is 4.89. The highest BCUT2D eigenvalue weighted by Crippen LogP contribution is 2.06. The fourth-order valence-electron chi connectivity index (χ4n) is 1.12. The summed E-state index contributed by atoms with van der Waals surface area (Å²) in [6, 6.07) is 4.97. The van der Waals surface area contributed by atoms with Crippen LogP contribution in [-0.4, -0.2) is 16.9 Å². The van der Waals surface area contributed by atoms with Gasteiger partial charge in [-0.05, 0) is 25.0 Å². The molecule has 82 valence electrons. The molecule has 15 heavy (non-hydrogen) atoms. The Morgan fingerprint density at radius 2 is 2.13 bits per heavy atom. The number of aryl methyl sites for hydroxylation is 1. The van der Waals surface area contributed by atoms with Gasteiger partial charge in [0.05, 0.1) is 6.04 Å². The SMILES string of the molecule is Cc1cccc(NC(=O)C(N)C(C)C)n1. The molecule has 0 saturated heterocycles. The number of hydrogen-bond donors (Lipinski definition) is 2. The van der Waals surface area contributed by atoms with E-state index in [1.807, 2.05) is 32.9 Å². The number of pyridine rings is 1. The number of hydrogen-bond acceptors (Lipinski definition) is 3. The van der Waals surface area contributed by atoms with Crippen LogP contribution in [0.15, 0.2) is 18.2 Å². The molecular weight excluding hydrogens is 190 g/mol. The molecular formula is C11H17N3O. The van der Waals surface area contributed by atoms with Gasteiger partial charge in [-0.15, -0.1) is 0 Å². The summed E-state index contributed by atoms with van der Waals surface area (Å²) in [5.41, 5.74) is 6.57. The van der Waals surface area contributed by atoms with E-state index in [9.17, 15) is 4.79 Å². The van der Waals surface area contributed by atoms with Gasteiger partial charge in [-0.2, -0.15) is 0 Å². The van der Waals surface area contributed by atoms with E-state index in [1.165, 1.54) is 0 Å². The van der Waals surface area contributed by atoms with Gasteiger partial charge in [-0.25, -0.2) is 4.98 Å². The van der Waals surface area contributed by atoms with E-state index in [4.69, 9.17) is 5.73 Å². The molecule has 0 aliphatic heterocycles. The quantitative estimate of drug-likeness (QED) is 0.785. The van der Waals surface area contributed by atoms with Crippen LogP contribution in [0.2, 0.25) is 0 Å². The summed E-state index contributed by atoms with van der Waals surface area (Å²) in [7, 11) is 0. The molecule has 4 nitrogen and oxygen atoms in total. The number of rotatable bonds is 3. The van der Waals surface area contributed by atoms with Gasteiger partial charge in [0.1, 0.15) is 5.82 Å². The smallest absolute Gasteiger partial charge is 0.242 e. The zero-order chi connectivity index (χ0) is 11.4. The normalized spacial score (nSPS) is 12.6. The van der Waals surface area contributed by atoms with Crippen LogP contribution in [-0.2, 0) is 4.79 Å². The van der Waals surface area contributed by atoms with E-state index in [1.54, 1.807) is 6.07 Å². The predicted octanol–water partition coefficient (Wildman–Crippen LogP) is 1.31. The molecule has 3 N–H and O–H groups in total. The standard InChI is InChI=1S/C11H17N3O/c1-7(2)10(12)11(15)14-9-6-4-5-8(3)13-9/h4-7,10H,12H2,1-3H3,(H,13,14,15). The summed E-state index contributed by atoms with van der Waals surface area (Å²) >= 11 is 0. The molecule has 4 heteroatoms. The summed E-state index contributed by atoms with van der Waals surface area (Å²) in [5, 5.41) is 2.69. The molecule has 1 unspecified atom stereocenters.